The van der Waals surface area contributed by atoms with Crippen LogP contribution in [0.25, 0.3) is 10.9 Å². The third-order valence-corrected chi connectivity index (χ3v) is 15.4. The van der Waals surface area contributed by atoms with E-state index in [2.05, 4.69) is 84.1 Å². The van der Waals surface area contributed by atoms with Crippen LogP contribution in [0, 0.1) is 18.3 Å². The Hall–Kier alpha value is -4.65. The van der Waals surface area contributed by atoms with Gasteiger partial charge in [0.15, 0.2) is 6.10 Å². The number of piperidine rings is 1. The van der Waals surface area contributed by atoms with Crippen molar-refractivity contribution in [2.75, 3.05) is 44.7 Å². The lowest BCUT2D eigenvalue weighted by atomic mass is 9.47. The minimum atomic E-state index is -2.39. The molecule has 3 fully saturated rings. The molecule has 5 aliphatic heterocycles. The number of nitrogens with zero attached hydrogens (tertiary/aromatic N) is 3. The number of aryl methyl sites for hydroxylation is 1. The Bertz CT molecular complexity index is 2270. The zero-order valence-electron chi connectivity index (χ0n) is 34.9. The lowest BCUT2D eigenvalue weighted by Gasteiger charge is -2.63. The highest BCUT2D eigenvalue weighted by molar-refractivity contribution is 5.93. The fraction of sp³-hybridized carbons (Fsp3) is 0.565. The van der Waals surface area contributed by atoms with Gasteiger partial charge in [0, 0.05) is 77.7 Å². The van der Waals surface area contributed by atoms with Crippen LogP contribution in [0.15, 0.2) is 48.6 Å². The second-order valence-electron chi connectivity index (χ2n) is 18.2. The van der Waals surface area contributed by atoms with E-state index in [0.717, 1.165) is 54.5 Å². The number of nitrogens with one attached hydrogen (secondary N) is 1. The van der Waals surface area contributed by atoms with E-state index in [1.165, 1.54) is 30.7 Å². The number of aliphatic hydroxyl groups is 2. The molecule has 1 aliphatic carbocycles. The number of aromatic nitrogens is 1. The van der Waals surface area contributed by atoms with E-state index < -0.39 is 51.5 Å². The summed E-state index contributed by atoms with van der Waals surface area (Å²) >= 11 is 0. The number of esters is 2. The maximum Gasteiger partial charge on any atom is 0.373 e. The quantitative estimate of drug-likeness (QED) is 0.186. The van der Waals surface area contributed by atoms with Crippen LogP contribution >= 0.6 is 0 Å². The first-order chi connectivity index (χ1) is 28.2. The predicted molar refractivity (Wildman–Crippen MR) is 217 cm³/mol. The van der Waals surface area contributed by atoms with Crippen LogP contribution in [0.5, 0.6) is 0 Å². The van der Waals surface area contributed by atoms with Gasteiger partial charge in [-0.3, -0.25) is 19.4 Å². The largest absolute Gasteiger partial charge is 0.467 e. The number of benzene rings is 2. The molecule has 3 unspecified atom stereocenters. The number of rotatable bonds is 6. The van der Waals surface area contributed by atoms with E-state index >= 15 is 0 Å². The number of hydrogen-bond acceptors (Lipinski definition) is 11. The van der Waals surface area contributed by atoms with Crippen molar-refractivity contribution in [2.45, 2.75) is 113 Å². The minimum absolute atomic E-state index is 0.211. The molecule has 59 heavy (non-hydrogen) atoms. The molecule has 3 N–H and O–H groups in total. The maximum atomic E-state index is 14.3. The van der Waals surface area contributed by atoms with Crippen LogP contribution in [0.3, 0.4) is 0 Å². The van der Waals surface area contributed by atoms with Crippen LogP contribution in [-0.4, -0.2) is 119 Å². The number of carbonyl (C=O) groups excluding carboxylic acids is 5. The molecule has 9 rings (SSSR count). The van der Waals surface area contributed by atoms with Crippen molar-refractivity contribution >= 4 is 41.1 Å². The summed E-state index contributed by atoms with van der Waals surface area (Å²) in [5.74, 6) is -1.33. The normalized spacial score (nSPS) is 36.6. The number of hydrogen-bond donors (Lipinski definition) is 3. The standard InChI is InChI=1S/C45H56N4O7.CO2/c1-7-42(53)23-29-22-41(5,36-31(14-18-47(24-29)25-42)30-12-9-10-13-34(30)46-36)32-21-33-35(20-27(32)3)49(26-50)38-44(33)16-19-48-17-11-15-43(8-2,37(44)48)39(56-28(4)51)45(38,54)40(52)55-6;2-1-3/h9-13,15,20-21,26,29,37-39,46,53-54H,7-8,14,16-19,22-25H2,1-6H3;/t29-,37?,38?,39-,41-,42+,43-,44-,45+;/m1./s1. The average Bonchev–Trinajstić information content (AvgIpc) is 3.88. The van der Waals surface area contributed by atoms with E-state index in [1.54, 1.807) is 4.90 Å². The maximum absolute atomic E-state index is 14.3. The summed E-state index contributed by atoms with van der Waals surface area (Å²) in [5.41, 5.74) is 1.69. The molecular formula is C46H56N4O9. The Balaban J connectivity index is 0.00000157. The molecule has 2 saturated heterocycles. The van der Waals surface area contributed by atoms with Crippen LogP contribution < -0.4 is 4.90 Å². The van der Waals surface area contributed by atoms with Gasteiger partial charge >= 0.3 is 18.1 Å². The number of carbonyl (C=O) groups is 3. The Morgan fingerprint density at radius 2 is 1.80 bits per heavy atom. The van der Waals surface area contributed by atoms with Gasteiger partial charge in [-0.1, -0.05) is 50.3 Å². The summed E-state index contributed by atoms with van der Waals surface area (Å²) in [7, 11) is 1.23. The fourth-order valence-corrected chi connectivity index (χ4v) is 13.4. The Kier molecular flexibility index (Phi) is 10.1. The van der Waals surface area contributed by atoms with Gasteiger partial charge in [-0.2, -0.15) is 9.59 Å². The Labute approximate surface area is 344 Å². The molecule has 1 spiro atoms. The zero-order chi connectivity index (χ0) is 42.3. The van der Waals surface area contributed by atoms with Crippen LogP contribution in [0.2, 0.25) is 0 Å². The fourth-order valence-electron chi connectivity index (χ4n) is 13.4. The molecule has 2 aromatic carbocycles. The van der Waals surface area contributed by atoms with Crippen LogP contribution in [-0.2, 0) is 50.7 Å². The number of H-pyrrole nitrogens is 1. The van der Waals surface area contributed by atoms with Gasteiger partial charge in [0.05, 0.1) is 18.8 Å². The summed E-state index contributed by atoms with van der Waals surface area (Å²) in [6.07, 6.45) is 7.86. The zero-order valence-corrected chi connectivity index (χ0v) is 34.9. The van der Waals surface area contributed by atoms with Gasteiger partial charge in [-0.05, 0) is 99.2 Å². The molecule has 6 aliphatic rings. The van der Waals surface area contributed by atoms with Gasteiger partial charge < -0.3 is 29.6 Å². The number of amides is 1. The monoisotopic (exact) mass is 808 g/mol. The molecule has 13 heteroatoms. The topological polar surface area (TPSA) is 170 Å². The lowest BCUT2D eigenvalue weighted by molar-refractivity contribution is -0.228. The number of ether oxygens (including phenoxy) is 2. The molecule has 1 saturated carbocycles. The van der Waals surface area contributed by atoms with Gasteiger partial charge in [-0.15, -0.1) is 0 Å². The Morgan fingerprint density at radius 3 is 2.47 bits per heavy atom. The Morgan fingerprint density at radius 1 is 1.05 bits per heavy atom. The highest BCUT2D eigenvalue weighted by atomic mass is 16.6. The van der Waals surface area contributed by atoms with E-state index in [1.807, 2.05) is 6.92 Å². The first kappa shape index (κ1) is 41.1. The van der Waals surface area contributed by atoms with E-state index in [-0.39, 0.29) is 18.1 Å². The summed E-state index contributed by atoms with van der Waals surface area (Å²) in [5, 5.41) is 26.3. The van der Waals surface area contributed by atoms with Crippen LogP contribution in [0.4, 0.5) is 5.69 Å². The third kappa shape index (κ3) is 5.68. The minimum Gasteiger partial charge on any atom is -0.467 e. The van der Waals surface area contributed by atoms with E-state index in [4.69, 9.17) is 19.1 Å². The third-order valence-electron chi connectivity index (χ3n) is 15.4. The number of aromatic amines is 1. The molecule has 6 heterocycles. The SMILES string of the molecule is CC[C@]1(O)C[C@@H]2CN(CCc3c([nH]c4ccccc34)[C@@](C)(c3cc4c(cc3C)N(C=O)C3[C@]45CCN4CC=C[C@](CC)(C45)[C@@H](OC(C)=O)[C@]3(O)C(=O)OC)C2)C1.O=C=O. The summed E-state index contributed by atoms with van der Waals surface area (Å²) in [4.78, 5) is 67.4. The lowest BCUT2D eigenvalue weighted by Crippen LogP contribution is -2.81. The van der Waals surface area contributed by atoms with Crippen molar-refractivity contribution in [2.24, 2.45) is 11.3 Å². The molecule has 1 aromatic heterocycles. The van der Waals surface area contributed by atoms with Crippen molar-refractivity contribution in [3.8, 4) is 0 Å². The van der Waals surface area contributed by atoms with E-state index in [0.29, 0.717) is 51.0 Å². The van der Waals surface area contributed by atoms with Gasteiger partial charge in [0.1, 0.15) is 0 Å². The molecule has 2 bridgehead atoms. The van der Waals surface area contributed by atoms with Crippen molar-refractivity contribution in [1.82, 2.24) is 14.8 Å². The second-order valence-corrected chi connectivity index (χ2v) is 18.2. The number of methoxy groups -OCH3 is 1. The average molecular weight is 809 g/mol. The van der Waals surface area contributed by atoms with Gasteiger partial charge in [-0.25, -0.2) is 4.79 Å². The summed E-state index contributed by atoms with van der Waals surface area (Å²) < 4.78 is 11.5. The van der Waals surface area contributed by atoms with Crippen molar-refractivity contribution in [3.05, 3.63) is 76.5 Å². The predicted octanol–water partition coefficient (Wildman–Crippen LogP) is 4.08. The van der Waals surface area contributed by atoms with E-state index in [9.17, 15) is 24.6 Å². The van der Waals surface area contributed by atoms with Crippen molar-refractivity contribution in [1.29, 1.82) is 0 Å². The molecule has 314 valence electrons. The summed E-state index contributed by atoms with van der Waals surface area (Å²) in [6, 6.07) is 11.5. The highest BCUT2D eigenvalue weighted by Crippen LogP contribution is 2.68. The second kappa shape index (κ2) is 14.5. The number of fused-ring (bicyclic) bond motifs is 6. The first-order valence-electron chi connectivity index (χ1n) is 21.0. The number of para-hydroxylation sites is 1. The van der Waals surface area contributed by atoms with Gasteiger partial charge in [0.2, 0.25) is 12.0 Å². The summed E-state index contributed by atoms with van der Waals surface area (Å²) in [6.45, 7) is 13.6. The first-order valence-corrected chi connectivity index (χ1v) is 21.0. The van der Waals surface area contributed by atoms with Crippen molar-refractivity contribution < 1.29 is 43.7 Å². The van der Waals surface area contributed by atoms with Crippen molar-refractivity contribution in [3.63, 3.8) is 0 Å². The van der Waals surface area contributed by atoms with Crippen LogP contribution in [0.1, 0.15) is 87.7 Å². The molecule has 1 amide bonds. The highest BCUT2D eigenvalue weighted by Gasteiger charge is 2.80. The molecule has 10 atom stereocenters. The number of anilines is 1. The smallest absolute Gasteiger partial charge is 0.373 e. The molecule has 0 radical (unpaired) electrons. The molecule has 3 aromatic rings. The van der Waals surface area contributed by atoms with Gasteiger partial charge in [0.25, 0.3) is 0 Å². The molecular weight excluding hydrogens is 753 g/mol. The molecule has 13 nitrogen and oxygen atoms in total.